The van der Waals surface area contributed by atoms with E-state index in [1.54, 1.807) is 4.57 Å². The van der Waals surface area contributed by atoms with Gasteiger partial charge in [0.05, 0.1) is 10.9 Å². The van der Waals surface area contributed by atoms with Gasteiger partial charge in [-0.05, 0) is 24.8 Å². The zero-order chi connectivity index (χ0) is 15.7. The fourth-order valence-corrected chi connectivity index (χ4v) is 3.26. The van der Waals surface area contributed by atoms with Crippen LogP contribution in [0.15, 0.2) is 23.1 Å². The summed E-state index contributed by atoms with van der Waals surface area (Å²) in [5.41, 5.74) is -0.223. The molecule has 1 fully saturated rings. The Morgan fingerprint density at radius 1 is 1.18 bits per heavy atom. The molecule has 1 heterocycles. The van der Waals surface area contributed by atoms with E-state index in [-0.39, 0.29) is 10.9 Å². The van der Waals surface area contributed by atoms with Crippen LogP contribution >= 0.6 is 0 Å². The molecule has 0 unspecified atom stereocenters. The van der Waals surface area contributed by atoms with E-state index in [1.807, 2.05) is 6.07 Å². The van der Waals surface area contributed by atoms with Gasteiger partial charge in [-0.3, -0.25) is 4.79 Å². The summed E-state index contributed by atoms with van der Waals surface area (Å²) in [5, 5.41) is 9.16. The number of rotatable bonds is 2. The molecule has 0 N–H and O–H groups in total. The molecule has 1 aromatic heterocycles. The van der Waals surface area contributed by atoms with Crippen molar-refractivity contribution < 1.29 is 8.78 Å². The third-order valence-corrected chi connectivity index (χ3v) is 4.42. The largest absolute Gasteiger partial charge is 0.346 e. The first-order chi connectivity index (χ1) is 10.6. The average molecular weight is 302 g/mol. The molecule has 0 aliphatic heterocycles. The first-order valence-corrected chi connectivity index (χ1v) is 7.52. The highest BCUT2D eigenvalue weighted by Gasteiger charge is 2.17. The number of halogens is 2. The van der Waals surface area contributed by atoms with Crippen molar-refractivity contribution in [2.24, 2.45) is 5.92 Å². The molecule has 1 saturated carbocycles. The Bertz CT molecular complexity index is 814. The van der Waals surface area contributed by atoms with Crippen LogP contribution in [0.4, 0.5) is 8.78 Å². The van der Waals surface area contributed by atoms with Crippen LogP contribution in [-0.4, -0.2) is 4.57 Å². The van der Waals surface area contributed by atoms with Gasteiger partial charge in [0.25, 0.3) is 0 Å². The highest BCUT2D eigenvalue weighted by molar-refractivity contribution is 5.80. The zero-order valence-corrected chi connectivity index (χ0v) is 12.1. The minimum atomic E-state index is -1.07. The van der Waals surface area contributed by atoms with Crippen LogP contribution in [0.2, 0.25) is 0 Å². The van der Waals surface area contributed by atoms with Gasteiger partial charge in [-0.15, -0.1) is 0 Å². The minimum Gasteiger partial charge on any atom is -0.346 e. The molecule has 1 aliphatic rings. The lowest BCUT2D eigenvalue weighted by atomic mass is 9.89. The Balaban J connectivity index is 2.15. The molecule has 0 spiro atoms. The molecule has 3 rings (SSSR count). The Kier molecular flexibility index (Phi) is 3.93. The molecule has 114 valence electrons. The van der Waals surface area contributed by atoms with Crippen molar-refractivity contribution >= 4 is 10.9 Å². The van der Waals surface area contributed by atoms with Gasteiger partial charge in [0.15, 0.2) is 11.6 Å². The summed E-state index contributed by atoms with van der Waals surface area (Å²) in [5.74, 6) is -1.60. The molecule has 0 radical (unpaired) electrons. The molecular weight excluding hydrogens is 286 g/mol. The van der Waals surface area contributed by atoms with Crippen LogP contribution in [0.25, 0.3) is 10.9 Å². The van der Waals surface area contributed by atoms with Crippen LogP contribution in [0.5, 0.6) is 0 Å². The predicted octanol–water partition coefficient (Wildman–Crippen LogP) is 3.73. The van der Waals surface area contributed by atoms with Gasteiger partial charge < -0.3 is 4.57 Å². The molecule has 22 heavy (non-hydrogen) atoms. The maximum Gasteiger partial charge on any atom is 0.207 e. The second-order valence-electron chi connectivity index (χ2n) is 5.92. The van der Waals surface area contributed by atoms with Crippen molar-refractivity contribution in [1.82, 2.24) is 4.57 Å². The first-order valence-electron chi connectivity index (χ1n) is 7.52. The molecule has 1 aromatic carbocycles. The number of nitrogens with zero attached hydrogens (tertiary/aromatic N) is 2. The highest BCUT2D eigenvalue weighted by Crippen LogP contribution is 2.26. The van der Waals surface area contributed by atoms with Crippen LogP contribution < -0.4 is 5.43 Å². The highest BCUT2D eigenvalue weighted by atomic mass is 19.2. The summed E-state index contributed by atoms with van der Waals surface area (Å²) in [6, 6.07) is 3.80. The smallest absolute Gasteiger partial charge is 0.207 e. The van der Waals surface area contributed by atoms with Crippen LogP contribution in [0, 0.1) is 28.9 Å². The van der Waals surface area contributed by atoms with E-state index in [1.165, 1.54) is 12.6 Å². The van der Waals surface area contributed by atoms with E-state index < -0.39 is 17.1 Å². The molecule has 0 bridgehead atoms. The summed E-state index contributed by atoms with van der Waals surface area (Å²) in [6.07, 6.45) is 7.19. The fraction of sp³-hybridized carbons (Fsp3) is 0.412. The molecule has 5 heteroatoms. The normalized spacial score (nSPS) is 15.9. The van der Waals surface area contributed by atoms with Crippen molar-refractivity contribution in [1.29, 1.82) is 5.26 Å². The zero-order valence-electron chi connectivity index (χ0n) is 12.1. The average Bonchev–Trinajstić information content (AvgIpc) is 2.53. The van der Waals surface area contributed by atoms with Crippen LogP contribution in [-0.2, 0) is 6.54 Å². The van der Waals surface area contributed by atoms with E-state index in [2.05, 4.69) is 0 Å². The molecule has 1 aliphatic carbocycles. The van der Waals surface area contributed by atoms with Gasteiger partial charge in [-0.1, -0.05) is 19.3 Å². The molecule has 0 saturated heterocycles. The second-order valence-corrected chi connectivity index (χ2v) is 5.92. The van der Waals surface area contributed by atoms with Gasteiger partial charge in [0.2, 0.25) is 5.43 Å². The summed E-state index contributed by atoms with van der Waals surface area (Å²) >= 11 is 0. The van der Waals surface area contributed by atoms with Gasteiger partial charge in [-0.2, -0.15) is 5.26 Å². The summed E-state index contributed by atoms with van der Waals surface area (Å²) < 4.78 is 28.7. The summed E-state index contributed by atoms with van der Waals surface area (Å²) in [7, 11) is 0. The summed E-state index contributed by atoms with van der Waals surface area (Å²) in [4.78, 5) is 12.1. The van der Waals surface area contributed by atoms with E-state index in [0.717, 1.165) is 37.8 Å². The SMILES string of the molecule is N#Cc1cn(CC2CCCCC2)c2cc(F)c(F)cc2c1=O. The number of nitriles is 1. The van der Waals surface area contributed by atoms with Crippen LogP contribution in [0.3, 0.4) is 0 Å². The summed E-state index contributed by atoms with van der Waals surface area (Å²) in [6.45, 7) is 0.622. The third-order valence-electron chi connectivity index (χ3n) is 4.42. The molecular formula is C17H16F2N2O. The molecule has 0 atom stereocenters. The van der Waals surface area contributed by atoms with Crippen molar-refractivity contribution in [3.63, 3.8) is 0 Å². The van der Waals surface area contributed by atoms with E-state index in [4.69, 9.17) is 5.26 Å². The van der Waals surface area contributed by atoms with Crippen molar-refractivity contribution in [3.05, 3.63) is 45.8 Å². The lowest BCUT2D eigenvalue weighted by Crippen LogP contribution is -2.19. The Labute approximate surface area is 126 Å². The van der Waals surface area contributed by atoms with Crippen LogP contribution in [0.1, 0.15) is 37.7 Å². The number of fused-ring (bicyclic) bond motifs is 1. The van der Waals surface area contributed by atoms with Crippen molar-refractivity contribution in [2.75, 3.05) is 0 Å². The van der Waals surface area contributed by atoms with E-state index in [9.17, 15) is 13.6 Å². The standard InChI is InChI=1S/C17H16F2N2O/c18-14-6-13-16(7-15(14)19)21(10-12(8-20)17(13)22)9-11-4-2-1-3-5-11/h6-7,10-11H,1-5,9H2. The predicted molar refractivity (Wildman–Crippen MR) is 79.4 cm³/mol. The van der Waals surface area contributed by atoms with Gasteiger partial charge in [-0.25, -0.2) is 8.78 Å². The Hall–Kier alpha value is -2.22. The maximum absolute atomic E-state index is 13.6. The van der Waals surface area contributed by atoms with Crippen molar-refractivity contribution in [2.45, 2.75) is 38.6 Å². The third kappa shape index (κ3) is 2.61. The lowest BCUT2D eigenvalue weighted by molar-refractivity contribution is 0.322. The van der Waals surface area contributed by atoms with Gasteiger partial charge in [0.1, 0.15) is 11.6 Å². The molecule has 0 amide bonds. The molecule has 3 nitrogen and oxygen atoms in total. The number of hydrogen-bond acceptors (Lipinski definition) is 2. The monoisotopic (exact) mass is 302 g/mol. The lowest BCUT2D eigenvalue weighted by Gasteiger charge is -2.23. The van der Waals surface area contributed by atoms with Gasteiger partial charge in [0, 0.05) is 18.8 Å². The maximum atomic E-state index is 13.6. The molecule has 2 aromatic rings. The number of pyridine rings is 1. The minimum absolute atomic E-state index is 0.0330. The number of hydrogen-bond donors (Lipinski definition) is 0. The second kappa shape index (κ2) is 5.88. The van der Waals surface area contributed by atoms with Gasteiger partial charge >= 0.3 is 0 Å². The first kappa shape index (κ1) is 14.7. The Morgan fingerprint density at radius 3 is 2.55 bits per heavy atom. The van der Waals surface area contributed by atoms with E-state index >= 15 is 0 Å². The quantitative estimate of drug-likeness (QED) is 0.848. The fourth-order valence-electron chi connectivity index (χ4n) is 3.26. The Morgan fingerprint density at radius 2 is 1.86 bits per heavy atom. The topological polar surface area (TPSA) is 45.8 Å². The number of benzene rings is 1. The number of aromatic nitrogens is 1. The van der Waals surface area contributed by atoms with E-state index in [0.29, 0.717) is 18.0 Å². The van der Waals surface area contributed by atoms with Crippen molar-refractivity contribution in [3.8, 4) is 6.07 Å².